The van der Waals surface area contributed by atoms with Crippen LogP contribution in [0.1, 0.15) is 46.8 Å². The molecule has 2 rings (SSSR count). The van der Waals surface area contributed by atoms with Crippen molar-refractivity contribution < 1.29 is 13.2 Å². The van der Waals surface area contributed by atoms with Gasteiger partial charge in [0.15, 0.2) is 0 Å². The number of nitrogens with one attached hydrogen (secondary N) is 1. The predicted molar refractivity (Wildman–Crippen MR) is 108 cm³/mol. The average molecular weight is 389 g/mol. The van der Waals surface area contributed by atoms with Crippen LogP contribution >= 0.6 is 0 Å². The maximum Gasteiger partial charge on any atom is 0.253 e. The summed E-state index contributed by atoms with van der Waals surface area (Å²) in [7, 11) is -1.78. The highest BCUT2D eigenvalue weighted by molar-refractivity contribution is 7.89. The maximum atomic E-state index is 12.5. The minimum Gasteiger partial charge on any atom is -0.342 e. The van der Waals surface area contributed by atoms with Crippen molar-refractivity contribution in [2.45, 2.75) is 45.1 Å². The van der Waals surface area contributed by atoms with E-state index in [1.807, 2.05) is 13.8 Å². The first kappa shape index (κ1) is 21.1. The van der Waals surface area contributed by atoms with Crippen LogP contribution in [0.5, 0.6) is 0 Å². The summed E-state index contributed by atoms with van der Waals surface area (Å²) in [6.07, 6.45) is 2.01. The summed E-state index contributed by atoms with van der Waals surface area (Å²) in [5.41, 5.74) is 3.40. The van der Waals surface area contributed by atoms with E-state index in [1.165, 1.54) is 0 Å². The molecule has 0 heterocycles. The summed E-state index contributed by atoms with van der Waals surface area (Å²) in [6, 6.07) is 12.1. The Kier molecular flexibility index (Phi) is 7.16. The Hall–Kier alpha value is -2.18. The minimum absolute atomic E-state index is 0.0225. The van der Waals surface area contributed by atoms with Crippen molar-refractivity contribution in [1.29, 1.82) is 0 Å². The zero-order chi connectivity index (χ0) is 20.0. The van der Waals surface area contributed by atoms with Crippen LogP contribution in [-0.2, 0) is 16.6 Å². The Labute approximate surface area is 162 Å². The number of nitrogens with zero attached hydrogens (tertiary/aromatic N) is 1. The van der Waals surface area contributed by atoms with Gasteiger partial charge in [0.1, 0.15) is 0 Å². The van der Waals surface area contributed by atoms with Crippen molar-refractivity contribution in [3.05, 3.63) is 64.7 Å². The molecule has 27 heavy (non-hydrogen) atoms. The van der Waals surface area contributed by atoms with Crippen LogP contribution in [0.2, 0.25) is 0 Å². The number of carbonyl (C=O) groups excluding carboxylic acids is 1. The van der Waals surface area contributed by atoms with E-state index in [4.69, 9.17) is 0 Å². The first-order valence-electron chi connectivity index (χ1n) is 9.16. The molecule has 5 nitrogen and oxygen atoms in total. The van der Waals surface area contributed by atoms with Gasteiger partial charge in [-0.25, -0.2) is 13.1 Å². The van der Waals surface area contributed by atoms with E-state index >= 15 is 0 Å². The lowest BCUT2D eigenvalue weighted by atomic mass is 10.1. The molecule has 0 spiro atoms. The molecule has 2 aromatic carbocycles. The second kappa shape index (κ2) is 9.15. The Morgan fingerprint density at radius 1 is 1.04 bits per heavy atom. The number of hydrogen-bond donors (Lipinski definition) is 1. The molecule has 0 radical (unpaired) electrons. The van der Waals surface area contributed by atoms with E-state index in [2.05, 4.69) is 11.6 Å². The maximum absolute atomic E-state index is 12.5. The third kappa shape index (κ3) is 5.65. The highest BCUT2D eigenvalue weighted by Gasteiger charge is 2.15. The molecule has 1 N–H and O–H groups in total. The van der Waals surface area contributed by atoms with Gasteiger partial charge in [-0.15, -0.1) is 0 Å². The van der Waals surface area contributed by atoms with Crippen LogP contribution in [0.15, 0.2) is 47.4 Å². The molecular formula is C21H28N2O3S. The number of sulfonamides is 1. The number of unbranched alkanes of at least 4 members (excludes halogenated alkanes) is 1. The van der Waals surface area contributed by atoms with Gasteiger partial charge in [-0.3, -0.25) is 4.79 Å². The molecule has 146 valence electrons. The largest absolute Gasteiger partial charge is 0.342 e. The molecule has 0 aliphatic carbocycles. The first-order chi connectivity index (χ1) is 12.7. The van der Waals surface area contributed by atoms with Gasteiger partial charge in [0.05, 0.1) is 4.90 Å². The first-order valence-corrected chi connectivity index (χ1v) is 10.6. The van der Waals surface area contributed by atoms with E-state index in [9.17, 15) is 13.2 Å². The fourth-order valence-corrected chi connectivity index (χ4v) is 3.73. The van der Waals surface area contributed by atoms with Gasteiger partial charge in [0.25, 0.3) is 5.91 Å². The fraction of sp³-hybridized carbons (Fsp3) is 0.381. The Morgan fingerprint density at radius 2 is 1.70 bits per heavy atom. The molecule has 0 aliphatic rings. The normalized spacial score (nSPS) is 11.4. The Morgan fingerprint density at radius 3 is 2.30 bits per heavy atom. The predicted octanol–water partition coefficient (Wildman–Crippen LogP) is 3.65. The number of carbonyl (C=O) groups is 1. The molecular weight excluding hydrogens is 360 g/mol. The van der Waals surface area contributed by atoms with Crippen molar-refractivity contribution in [2.24, 2.45) is 0 Å². The Bertz CT molecular complexity index is 890. The highest BCUT2D eigenvalue weighted by atomic mass is 32.2. The van der Waals surface area contributed by atoms with E-state index in [1.54, 1.807) is 54.4 Å². The second-order valence-corrected chi connectivity index (χ2v) is 8.61. The lowest BCUT2D eigenvalue weighted by molar-refractivity contribution is 0.0793. The minimum atomic E-state index is -3.57. The second-order valence-electron chi connectivity index (χ2n) is 6.85. The van der Waals surface area contributed by atoms with E-state index in [-0.39, 0.29) is 17.3 Å². The van der Waals surface area contributed by atoms with Gasteiger partial charge in [0.2, 0.25) is 10.0 Å². The topological polar surface area (TPSA) is 66.5 Å². The summed E-state index contributed by atoms with van der Waals surface area (Å²) < 4.78 is 27.5. The lowest BCUT2D eigenvalue weighted by Crippen LogP contribution is -2.27. The number of hydrogen-bond acceptors (Lipinski definition) is 3. The van der Waals surface area contributed by atoms with Crippen LogP contribution in [-0.4, -0.2) is 32.8 Å². The van der Waals surface area contributed by atoms with Crippen molar-refractivity contribution in [1.82, 2.24) is 9.62 Å². The molecule has 0 fully saturated rings. The quantitative estimate of drug-likeness (QED) is 0.750. The summed E-state index contributed by atoms with van der Waals surface area (Å²) in [5, 5.41) is 0. The third-order valence-corrected chi connectivity index (χ3v) is 6.05. The zero-order valence-corrected chi connectivity index (χ0v) is 17.3. The molecule has 0 bridgehead atoms. The summed E-state index contributed by atoms with van der Waals surface area (Å²) >= 11 is 0. The van der Waals surface area contributed by atoms with Gasteiger partial charge in [-0.05, 0) is 61.2 Å². The standard InChI is InChI=1S/C21H28N2O3S/c1-5-6-13-23(4)21(24)19-10-8-18(9-11-19)15-22-27(25,26)20-12-7-16(2)17(3)14-20/h7-12,14,22H,5-6,13,15H2,1-4H3. The van der Waals surface area contributed by atoms with Gasteiger partial charge >= 0.3 is 0 Å². The van der Waals surface area contributed by atoms with Gasteiger partial charge in [-0.1, -0.05) is 31.5 Å². The number of benzene rings is 2. The lowest BCUT2D eigenvalue weighted by Gasteiger charge is -2.17. The van der Waals surface area contributed by atoms with Crippen LogP contribution in [0, 0.1) is 13.8 Å². The van der Waals surface area contributed by atoms with Gasteiger partial charge in [0, 0.05) is 25.7 Å². The van der Waals surface area contributed by atoms with Gasteiger partial charge < -0.3 is 4.90 Å². The molecule has 0 atom stereocenters. The van der Waals surface area contributed by atoms with Crippen LogP contribution in [0.4, 0.5) is 0 Å². The third-order valence-electron chi connectivity index (χ3n) is 4.65. The fourth-order valence-electron chi connectivity index (χ4n) is 2.63. The van der Waals surface area contributed by atoms with Crippen LogP contribution in [0.3, 0.4) is 0 Å². The monoisotopic (exact) mass is 388 g/mol. The molecule has 2 aromatic rings. The summed E-state index contributed by atoms with van der Waals surface area (Å²) in [6.45, 7) is 6.83. The molecule has 0 saturated heterocycles. The van der Waals surface area contributed by atoms with Crippen molar-refractivity contribution in [2.75, 3.05) is 13.6 Å². The SMILES string of the molecule is CCCCN(C)C(=O)c1ccc(CNS(=O)(=O)c2ccc(C)c(C)c2)cc1. The van der Waals surface area contributed by atoms with Crippen molar-refractivity contribution in [3.63, 3.8) is 0 Å². The number of amides is 1. The number of aryl methyl sites for hydroxylation is 2. The molecule has 1 amide bonds. The average Bonchev–Trinajstić information content (AvgIpc) is 2.66. The van der Waals surface area contributed by atoms with Crippen LogP contribution in [0.25, 0.3) is 0 Å². The van der Waals surface area contributed by atoms with Crippen molar-refractivity contribution >= 4 is 15.9 Å². The molecule has 0 unspecified atom stereocenters. The van der Waals surface area contributed by atoms with E-state index in [0.717, 1.165) is 36.1 Å². The smallest absolute Gasteiger partial charge is 0.253 e. The highest BCUT2D eigenvalue weighted by Crippen LogP contribution is 2.15. The van der Waals surface area contributed by atoms with Crippen LogP contribution < -0.4 is 4.72 Å². The molecule has 0 saturated carbocycles. The van der Waals surface area contributed by atoms with Gasteiger partial charge in [-0.2, -0.15) is 0 Å². The molecule has 0 aromatic heterocycles. The van der Waals surface area contributed by atoms with E-state index < -0.39 is 10.0 Å². The van der Waals surface area contributed by atoms with Crippen molar-refractivity contribution in [3.8, 4) is 0 Å². The zero-order valence-electron chi connectivity index (χ0n) is 16.5. The Balaban J connectivity index is 2.02. The molecule has 6 heteroatoms. The number of rotatable bonds is 8. The van der Waals surface area contributed by atoms with E-state index in [0.29, 0.717) is 5.56 Å². The molecule has 0 aliphatic heterocycles. The summed E-state index contributed by atoms with van der Waals surface area (Å²) in [4.78, 5) is 14.3. The summed E-state index contributed by atoms with van der Waals surface area (Å²) in [5.74, 6) is -0.0225.